The van der Waals surface area contributed by atoms with Gasteiger partial charge in [0.2, 0.25) is 0 Å². The van der Waals surface area contributed by atoms with E-state index >= 15 is 0 Å². The molecule has 0 aliphatic rings. The third kappa shape index (κ3) is 3.54. The molecular formula is C10H12Cl2N2O2. The van der Waals surface area contributed by atoms with Gasteiger partial charge in [-0.25, -0.2) is 0 Å². The van der Waals surface area contributed by atoms with Crippen LogP contribution < -0.4 is 4.90 Å². The van der Waals surface area contributed by atoms with E-state index in [1.165, 1.54) is 12.1 Å². The monoisotopic (exact) mass is 262 g/mol. The first kappa shape index (κ1) is 13.1. The molecular weight excluding hydrogens is 251 g/mol. The van der Waals surface area contributed by atoms with E-state index < -0.39 is 4.92 Å². The molecule has 0 spiro atoms. The van der Waals surface area contributed by atoms with Gasteiger partial charge in [-0.1, -0.05) is 0 Å². The van der Waals surface area contributed by atoms with Crippen molar-refractivity contribution in [3.05, 3.63) is 34.4 Å². The van der Waals surface area contributed by atoms with Gasteiger partial charge in [-0.05, 0) is 12.1 Å². The number of rotatable bonds is 6. The average Bonchev–Trinajstić information content (AvgIpc) is 2.29. The van der Waals surface area contributed by atoms with Crippen LogP contribution in [0, 0.1) is 10.1 Å². The Morgan fingerprint density at radius 3 is 2.00 bits per heavy atom. The Morgan fingerprint density at radius 1 is 1.12 bits per heavy atom. The van der Waals surface area contributed by atoms with Gasteiger partial charge in [0.1, 0.15) is 0 Å². The molecule has 6 heteroatoms. The summed E-state index contributed by atoms with van der Waals surface area (Å²) < 4.78 is 0. The molecule has 0 bridgehead atoms. The average molecular weight is 263 g/mol. The number of nitro benzene ring substituents is 1. The topological polar surface area (TPSA) is 46.4 Å². The molecule has 0 saturated heterocycles. The molecule has 0 aromatic heterocycles. The maximum Gasteiger partial charge on any atom is 0.269 e. The highest BCUT2D eigenvalue weighted by molar-refractivity contribution is 6.18. The summed E-state index contributed by atoms with van der Waals surface area (Å²) in [5.41, 5.74) is 0.979. The zero-order valence-corrected chi connectivity index (χ0v) is 10.1. The molecule has 0 fully saturated rings. The van der Waals surface area contributed by atoms with E-state index in [1.54, 1.807) is 12.1 Å². The first-order chi connectivity index (χ1) is 7.69. The van der Waals surface area contributed by atoms with Gasteiger partial charge < -0.3 is 4.90 Å². The number of hydrogen-bond donors (Lipinski definition) is 0. The van der Waals surface area contributed by atoms with E-state index in [4.69, 9.17) is 23.2 Å². The molecule has 1 rings (SSSR count). The number of benzene rings is 1. The van der Waals surface area contributed by atoms with E-state index in [0.717, 1.165) is 5.69 Å². The zero-order valence-electron chi connectivity index (χ0n) is 8.60. The van der Waals surface area contributed by atoms with Crippen LogP contribution in [-0.2, 0) is 0 Å². The van der Waals surface area contributed by atoms with Crippen LogP contribution in [0.5, 0.6) is 0 Å². The third-order valence-corrected chi connectivity index (χ3v) is 2.47. The molecule has 88 valence electrons. The minimum absolute atomic E-state index is 0.0837. The fraction of sp³-hybridized carbons (Fsp3) is 0.400. The van der Waals surface area contributed by atoms with Crippen molar-refractivity contribution in [2.24, 2.45) is 0 Å². The van der Waals surface area contributed by atoms with Crippen molar-refractivity contribution in [1.82, 2.24) is 0 Å². The molecule has 0 atom stereocenters. The largest absolute Gasteiger partial charge is 0.369 e. The van der Waals surface area contributed by atoms with Gasteiger partial charge in [-0.15, -0.1) is 23.2 Å². The van der Waals surface area contributed by atoms with Crippen LogP contribution in [-0.4, -0.2) is 29.8 Å². The summed E-state index contributed by atoms with van der Waals surface area (Å²) >= 11 is 11.3. The maximum absolute atomic E-state index is 10.5. The molecule has 0 amide bonds. The molecule has 0 unspecified atom stereocenters. The van der Waals surface area contributed by atoms with Gasteiger partial charge in [0.25, 0.3) is 5.69 Å². The second-order valence-corrected chi connectivity index (χ2v) is 3.89. The summed E-state index contributed by atoms with van der Waals surface area (Å²) in [6.07, 6.45) is 0. The number of halogens is 2. The number of anilines is 1. The molecule has 1 aromatic carbocycles. The van der Waals surface area contributed by atoms with Gasteiger partial charge in [-0.2, -0.15) is 0 Å². The van der Waals surface area contributed by atoms with Crippen LogP contribution in [0.1, 0.15) is 0 Å². The highest BCUT2D eigenvalue weighted by atomic mass is 35.5. The lowest BCUT2D eigenvalue weighted by molar-refractivity contribution is -0.384. The molecule has 0 aliphatic heterocycles. The lowest BCUT2D eigenvalue weighted by Crippen LogP contribution is -2.27. The summed E-state index contributed by atoms with van der Waals surface area (Å²) in [5, 5.41) is 10.5. The normalized spacial score (nSPS) is 10.1. The van der Waals surface area contributed by atoms with Gasteiger partial charge in [0.05, 0.1) is 4.92 Å². The molecule has 1 aromatic rings. The zero-order chi connectivity index (χ0) is 12.0. The first-order valence-electron chi connectivity index (χ1n) is 4.80. The SMILES string of the molecule is O=[N+]([O-])c1ccc(N(CCCl)CCCl)cc1. The van der Waals surface area contributed by atoms with Crippen LogP contribution in [0.15, 0.2) is 24.3 Å². The van der Waals surface area contributed by atoms with Crippen molar-refractivity contribution < 1.29 is 4.92 Å². The quantitative estimate of drug-likeness (QED) is 0.450. The van der Waals surface area contributed by atoms with Crippen LogP contribution in [0.2, 0.25) is 0 Å². The molecule has 0 radical (unpaired) electrons. The van der Waals surface area contributed by atoms with E-state index in [0.29, 0.717) is 24.8 Å². The lowest BCUT2D eigenvalue weighted by Gasteiger charge is -2.22. The van der Waals surface area contributed by atoms with Gasteiger partial charge in [0.15, 0.2) is 0 Å². The smallest absolute Gasteiger partial charge is 0.269 e. The number of hydrogen-bond acceptors (Lipinski definition) is 3. The summed E-state index contributed by atoms with van der Waals surface area (Å²) in [6, 6.07) is 6.37. The van der Waals surface area contributed by atoms with E-state index in [9.17, 15) is 10.1 Å². The van der Waals surface area contributed by atoms with Crippen LogP contribution in [0.3, 0.4) is 0 Å². The van der Waals surface area contributed by atoms with Gasteiger partial charge in [0, 0.05) is 42.7 Å². The Hall–Kier alpha value is -1.00. The standard InChI is InChI=1S/C10H12Cl2N2O2/c11-5-7-13(8-6-12)9-1-3-10(4-2-9)14(15)16/h1-4H,5-8H2. The van der Waals surface area contributed by atoms with Crippen molar-refractivity contribution in [2.75, 3.05) is 29.7 Å². The molecule has 16 heavy (non-hydrogen) atoms. The highest BCUT2D eigenvalue weighted by Crippen LogP contribution is 2.19. The summed E-state index contributed by atoms with van der Waals surface area (Å²) in [7, 11) is 0. The van der Waals surface area contributed by atoms with E-state index in [-0.39, 0.29) is 5.69 Å². The fourth-order valence-corrected chi connectivity index (χ4v) is 1.77. The van der Waals surface area contributed by atoms with Gasteiger partial charge in [-0.3, -0.25) is 10.1 Å². The van der Waals surface area contributed by atoms with E-state index in [2.05, 4.69) is 0 Å². The molecule has 4 nitrogen and oxygen atoms in total. The Morgan fingerprint density at radius 2 is 1.62 bits per heavy atom. The summed E-state index contributed by atoms with van der Waals surface area (Å²) in [6.45, 7) is 1.35. The second-order valence-electron chi connectivity index (χ2n) is 3.14. The molecule has 0 aliphatic carbocycles. The second kappa shape index (κ2) is 6.55. The number of nitro groups is 1. The third-order valence-electron chi connectivity index (χ3n) is 2.13. The minimum atomic E-state index is -0.419. The highest BCUT2D eigenvalue weighted by Gasteiger charge is 2.08. The Balaban J connectivity index is 2.80. The maximum atomic E-state index is 10.5. The summed E-state index contributed by atoms with van der Waals surface area (Å²) in [5.74, 6) is 0.988. The van der Waals surface area contributed by atoms with Crippen molar-refractivity contribution in [3.8, 4) is 0 Å². The van der Waals surface area contributed by atoms with Crippen molar-refractivity contribution in [2.45, 2.75) is 0 Å². The van der Waals surface area contributed by atoms with Crippen LogP contribution in [0.4, 0.5) is 11.4 Å². The van der Waals surface area contributed by atoms with Crippen LogP contribution in [0.25, 0.3) is 0 Å². The van der Waals surface area contributed by atoms with Crippen LogP contribution >= 0.6 is 23.2 Å². The number of nitrogens with zero attached hydrogens (tertiary/aromatic N) is 2. The van der Waals surface area contributed by atoms with Crippen molar-refractivity contribution in [1.29, 1.82) is 0 Å². The Labute approximate surface area is 104 Å². The molecule has 0 saturated carbocycles. The predicted octanol–water partition coefficient (Wildman–Crippen LogP) is 2.88. The van der Waals surface area contributed by atoms with Crippen molar-refractivity contribution in [3.63, 3.8) is 0 Å². The Bertz CT molecular complexity index is 337. The Kier molecular flexibility index (Phi) is 5.35. The van der Waals surface area contributed by atoms with Crippen molar-refractivity contribution >= 4 is 34.6 Å². The number of non-ortho nitro benzene ring substituents is 1. The van der Waals surface area contributed by atoms with E-state index in [1.807, 2.05) is 4.90 Å². The summed E-state index contributed by atoms with van der Waals surface area (Å²) in [4.78, 5) is 12.1. The predicted molar refractivity (Wildman–Crippen MR) is 66.7 cm³/mol. The minimum Gasteiger partial charge on any atom is -0.369 e. The first-order valence-corrected chi connectivity index (χ1v) is 5.87. The number of alkyl halides is 2. The molecule has 0 N–H and O–H groups in total. The molecule has 0 heterocycles. The fourth-order valence-electron chi connectivity index (χ4n) is 1.36. The van der Waals surface area contributed by atoms with Gasteiger partial charge >= 0.3 is 0 Å². The lowest BCUT2D eigenvalue weighted by atomic mass is 10.2.